The van der Waals surface area contributed by atoms with Crippen LogP contribution in [0.15, 0.2) is 24.4 Å². The average Bonchev–Trinajstić information content (AvgIpc) is 2.74. The molecule has 2 aromatic rings. The molecule has 0 spiro atoms. The van der Waals surface area contributed by atoms with Gasteiger partial charge in [-0.05, 0) is 23.1 Å². The van der Waals surface area contributed by atoms with E-state index in [1.54, 1.807) is 18.4 Å². The lowest BCUT2D eigenvalue weighted by atomic mass is 9.98. The van der Waals surface area contributed by atoms with Crippen LogP contribution in [0.3, 0.4) is 0 Å². The summed E-state index contributed by atoms with van der Waals surface area (Å²) in [6, 6.07) is 6.34. The van der Waals surface area contributed by atoms with Crippen LogP contribution in [0.5, 0.6) is 5.75 Å². The van der Waals surface area contributed by atoms with Crippen molar-refractivity contribution in [3.63, 3.8) is 0 Å². The van der Waals surface area contributed by atoms with E-state index in [4.69, 9.17) is 10.5 Å². The Balaban J connectivity index is 2.26. The lowest BCUT2D eigenvalue weighted by molar-refractivity contribution is 0.407. The Morgan fingerprint density at radius 2 is 2.17 bits per heavy atom. The number of hydrogen-bond acceptors (Lipinski definition) is 4. The van der Waals surface area contributed by atoms with Gasteiger partial charge in [0, 0.05) is 17.5 Å². The van der Waals surface area contributed by atoms with Gasteiger partial charge in [-0.3, -0.25) is 0 Å². The molecule has 2 rings (SSSR count). The monoisotopic (exact) mass is 262 g/mol. The molecule has 0 fully saturated rings. The number of anilines is 1. The van der Waals surface area contributed by atoms with Crippen molar-refractivity contribution in [3.05, 3.63) is 40.4 Å². The summed E-state index contributed by atoms with van der Waals surface area (Å²) < 4.78 is 5.39. The molecule has 0 aliphatic heterocycles. The van der Waals surface area contributed by atoms with Crippen LogP contribution in [0.25, 0.3) is 0 Å². The maximum absolute atomic E-state index is 5.64. The van der Waals surface area contributed by atoms with Crippen LogP contribution < -0.4 is 10.5 Å². The lowest BCUT2D eigenvalue weighted by Crippen LogP contribution is -1.96. The largest absolute Gasteiger partial charge is 0.496 e. The van der Waals surface area contributed by atoms with Crippen LogP contribution in [0.1, 0.15) is 35.8 Å². The quantitative estimate of drug-likeness (QED) is 0.918. The summed E-state index contributed by atoms with van der Waals surface area (Å²) in [7, 11) is 1.71. The fourth-order valence-electron chi connectivity index (χ4n) is 1.95. The second kappa shape index (κ2) is 5.40. The lowest BCUT2D eigenvalue weighted by Gasteiger charge is -2.13. The van der Waals surface area contributed by atoms with Crippen LogP contribution in [0.2, 0.25) is 0 Å². The number of aromatic nitrogens is 1. The van der Waals surface area contributed by atoms with Crippen molar-refractivity contribution in [3.8, 4) is 5.75 Å². The maximum atomic E-state index is 5.64. The zero-order chi connectivity index (χ0) is 13.1. The Kier molecular flexibility index (Phi) is 3.87. The topological polar surface area (TPSA) is 48.1 Å². The van der Waals surface area contributed by atoms with Crippen LogP contribution in [-0.2, 0) is 6.42 Å². The van der Waals surface area contributed by atoms with E-state index in [1.165, 1.54) is 16.0 Å². The molecular formula is C14H18N2OS. The van der Waals surface area contributed by atoms with Gasteiger partial charge < -0.3 is 10.5 Å². The highest BCUT2D eigenvalue weighted by molar-refractivity contribution is 7.15. The molecule has 1 aromatic carbocycles. The molecule has 0 unspecified atom stereocenters. The van der Waals surface area contributed by atoms with Crippen LogP contribution >= 0.6 is 11.3 Å². The zero-order valence-corrected chi connectivity index (χ0v) is 11.8. The van der Waals surface area contributed by atoms with Crippen molar-refractivity contribution < 1.29 is 4.74 Å². The number of nitrogens with two attached hydrogens (primary N) is 1. The molecule has 1 heterocycles. The van der Waals surface area contributed by atoms with Crippen molar-refractivity contribution in [1.29, 1.82) is 0 Å². The van der Waals surface area contributed by atoms with E-state index < -0.39 is 0 Å². The molecule has 0 radical (unpaired) electrons. The smallest absolute Gasteiger partial charge is 0.180 e. The standard InChI is InChI=1S/C14H18N2OS/c1-9(2)12-7-10(4-5-13(12)17-3)6-11-8-16-14(15)18-11/h4-5,7-9H,6H2,1-3H3,(H2,15,16). The minimum Gasteiger partial charge on any atom is -0.496 e. The van der Waals surface area contributed by atoms with Crippen molar-refractivity contribution in [1.82, 2.24) is 4.98 Å². The van der Waals surface area contributed by atoms with E-state index in [9.17, 15) is 0 Å². The Hall–Kier alpha value is -1.55. The molecule has 0 bridgehead atoms. The molecule has 0 aliphatic carbocycles. The highest BCUT2D eigenvalue weighted by atomic mass is 32.1. The number of nitrogens with zero attached hydrogens (tertiary/aromatic N) is 1. The fraction of sp³-hybridized carbons (Fsp3) is 0.357. The van der Waals surface area contributed by atoms with E-state index in [-0.39, 0.29) is 0 Å². The minimum absolute atomic E-state index is 0.450. The highest BCUT2D eigenvalue weighted by Gasteiger charge is 2.09. The van der Waals surface area contributed by atoms with E-state index in [2.05, 4.69) is 31.0 Å². The molecular weight excluding hydrogens is 244 g/mol. The van der Waals surface area contributed by atoms with Crippen molar-refractivity contribution >= 4 is 16.5 Å². The minimum atomic E-state index is 0.450. The number of nitrogen functional groups attached to an aromatic ring is 1. The summed E-state index contributed by atoms with van der Waals surface area (Å²) in [5.74, 6) is 1.41. The van der Waals surface area contributed by atoms with Gasteiger partial charge in [0.25, 0.3) is 0 Å². The Morgan fingerprint density at radius 1 is 1.39 bits per heavy atom. The summed E-state index contributed by atoms with van der Waals surface area (Å²) in [6.07, 6.45) is 2.72. The van der Waals surface area contributed by atoms with Gasteiger partial charge in [0.15, 0.2) is 5.13 Å². The summed E-state index contributed by atoms with van der Waals surface area (Å²) in [5, 5.41) is 0.627. The second-order valence-electron chi connectivity index (χ2n) is 4.57. The van der Waals surface area contributed by atoms with Gasteiger partial charge in [-0.1, -0.05) is 26.0 Å². The number of rotatable bonds is 4. The molecule has 0 aliphatic rings. The Morgan fingerprint density at radius 3 is 2.72 bits per heavy atom. The molecule has 18 heavy (non-hydrogen) atoms. The van der Waals surface area contributed by atoms with E-state index in [0.29, 0.717) is 11.0 Å². The first-order chi connectivity index (χ1) is 8.60. The van der Waals surface area contributed by atoms with E-state index in [0.717, 1.165) is 12.2 Å². The molecule has 0 saturated carbocycles. The Bertz CT molecular complexity index is 534. The average molecular weight is 262 g/mol. The summed E-state index contributed by atoms with van der Waals surface area (Å²) in [4.78, 5) is 5.26. The third kappa shape index (κ3) is 2.82. The van der Waals surface area contributed by atoms with E-state index in [1.807, 2.05) is 12.3 Å². The molecule has 1 aromatic heterocycles. The summed E-state index contributed by atoms with van der Waals surface area (Å²) >= 11 is 1.54. The normalized spacial score (nSPS) is 10.9. The van der Waals surface area contributed by atoms with Crippen molar-refractivity contribution in [2.75, 3.05) is 12.8 Å². The van der Waals surface area contributed by atoms with Gasteiger partial charge in [0.05, 0.1) is 7.11 Å². The third-order valence-corrected chi connectivity index (χ3v) is 3.69. The van der Waals surface area contributed by atoms with Gasteiger partial charge in [0.2, 0.25) is 0 Å². The maximum Gasteiger partial charge on any atom is 0.180 e. The molecule has 4 heteroatoms. The van der Waals surface area contributed by atoms with Gasteiger partial charge >= 0.3 is 0 Å². The van der Waals surface area contributed by atoms with Gasteiger partial charge in [-0.25, -0.2) is 4.98 Å². The van der Waals surface area contributed by atoms with Crippen LogP contribution in [-0.4, -0.2) is 12.1 Å². The van der Waals surface area contributed by atoms with Crippen molar-refractivity contribution in [2.45, 2.75) is 26.2 Å². The molecule has 96 valence electrons. The van der Waals surface area contributed by atoms with Gasteiger partial charge in [0.1, 0.15) is 5.75 Å². The number of hydrogen-bond donors (Lipinski definition) is 1. The highest BCUT2D eigenvalue weighted by Crippen LogP contribution is 2.28. The number of benzene rings is 1. The zero-order valence-electron chi connectivity index (χ0n) is 10.9. The van der Waals surface area contributed by atoms with Crippen LogP contribution in [0, 0.1) is 0 Å². The summed E-state index contributed by atoms with van der Waals surface area (Å²) in [6.45, 7) is 4.35. The van der Waals surface area contributed by atoms with Crippen LogP contribution in [0.4, 0.5) is 5.13 Å². The first-order valence-electron chi connectivity index (χ1n) is 5.97. The van der Waals surface area contributed by atoms with Crippen molar-refractivity contribution in [2.24, 2.45) is 0 Å². The number of methoxy groups -OCH3 is 1. The number of ether oxygens (including phenoxy) is 1. The third-order valence-electron chi connectivity index (χ3n) is 2.87. The van der Waals surface area contributed by atoms with Gasteiger partial charge in [-0.2, -0.15) is 0 Å². The first-order valence-corrected chi connectivity index (χ1v) is 6.78. The molecule has 0 atom stereocenters. The first kappa shape index (κ1) is 12.9. The van der Waals surface area contributed by atoms with E-state index >= 15 is 0 Å². The Labute approximate surface area is 112 Å². The summed E-state index contributed by atoms with van der Waals surface area (Å²) in [5.41, 5.74) is 8.15. The predicted octanol–water partition coefficient (Wildman–Crippen LogP) is 3.45. The predicted molar refractivity (Wildman–Crippen MR) is 76.4 cm³/mol. The van der Waals surface area contributed by atoms with Gasteiger partial charge in [-0.15, -0.1) is 11.3 Å². The molecule has 2 N–H and O–H groups in total. The fourth-order valence-corrected chi connectivity index (χ4v) is 2.67. The molecule has 3 nitrogen and oxygen atoms in total. The molecule has 0 amide bonds. The second-order valence-corrected chi connectivity index (χ2v) is 5.72. The number of thiazole rings is 1. The molecule has 0 saturated heterocycles. The SMILES string of the molecule is COc1ccc(Cc2cnc(N)s2)cc1C(C)C.